The molecule has 2 atom stereocenters. The Kier molecular flexibility index (Phi) is 3.54. The van der Waals surface area contributed by atoms with Gasteiger partial charge in [-0.25, -0.2) is 4.98 Å². The van der Waals surface area contributed by atoms with Crippen molar-refractivity contribution in [3.05, 3.63) is 39.6 Å². The molecule has 26 heavy (non-hydrogen) atoms. The summed E-state index contributed by atoms with van der Waals surface area (Å²) in [7, 11) is 0. The van der Waals surface area contributed by atoms with Crippen LogP contribution < -0.4 is 21.3 Å². The van der Waals surface area contributed by atoms with Gasteiger partial charge in [0.1, 0.15) is 18.1 Å². The summed E-state index contributed by atoms with van der Waals surface area (Å²) in [6.45, 7) is 4.97. The second-order valence-electron chi connectivity index (χ2n) is 7.13. The second kappa shape index (κ2) is 5.61. The average Bonchev–Trinajstić information content (AvgIpc) is 3.29. The zero-order chi connectivity index (χ0) is 17.9. The predicted molar refractivity (Wildman–Crippen MR) is 109 cm³/mol. The van der Waals surface area contributed by atoms with E-state index in [0.29, 0.717) is 12.4 Å². The minimum atomic E-state index is -0.502. The molecule has 2 unspecified atom stereocenters. The maximum absolute atomic E-state index is 6.15. The number of anilines is 4. The minimum Gasteiger partial charge on any atom is -0.383 e. The highest BCUT2D eigenvalue weighted by Crippen LogP contribution is 2.45. The van der Waals surface area contributed by atoms with Crippen LogP contribution in [0.4, 0.5) is 22.9 Å². The lowest BCUT2D eigenvalue weighted by atomic mass is 10.0. The maximum atomic E-state index is 6.15. The second-order valence-corrected chi connectivity index (χ2v) is 8.38. The minimum absolute atomic E-state index is 0.272. The number of benzene rings is 1. The Morgan fingerprint density at radius 3 is 2.85 bits per heavy atom. The molecule has 0 bridgehead atoms. The summed E-state index contributed by atoms with van der Waals surface area (Å²) in [5.74, 6) is 0.527. The molecule has 136 valence electrons. The van der Waals surface area contributed by atoms with Crippen LogP contribution in [0.1, 0.15) is 12.5 Å². The fourth-order valence-corrected chi connectivity index (χ4v) is 4.27. The summed E-state index contributed by atoms with van der Waals surface area (Å²) >= 11 is 2.25. The number of nitrogens with two attached hydrogens (primary N) is 1. The summed E-state index contributed by atoms with van der Waals surface area (Å²) in [6.07, 6.45) is 1.77. The van der Waals surface area contributed by atoms with E-state index in [-0.39, 0.29) is 5.72 Å². The SMILES string of the molecule is CC1(c2cc(I)cnc2N)Nc2ccc(N3CCOCC34CO4)cc2N1. The fourth-order valence-electron chi connectivity index (χ4n) is 3.82. The van der Waals surface area contributed by atoms with Gasteiger partial charge in [0, 0.05) is 27.6 Å². The number of ether oxygens (including phenoxy) is 2. The number of nitrogens with one attached hydrogen (secondary N) is 2. The number of rotatable bonds is 2. The lowest BCUT2D eigenvalue weighted by Crippen LogP contribution is -2.48. The van der Waals surface area contributed by atoms with Crippen LogP contribution in [0.5, 0.6) is 0 Å². The summed E-state index contributed by atoms with van der Waals surface area (Å²) in [5, 5.41) is 7.14. The lowest BCUT2D eigenvalue weighted by Gasteiger charge is -2.35. The molecular weight excluding hydrogens is 445 g/mol. The van der Waals surface area contributed by atoms with Gasteiger partial charge in [-0.1, -0.05) is 0 Å². The highest BCUT2D eigenvalue weighted by atomic mass is 127. The van der Waals surface area contributed by atoms with Crippen LogP contribution in [0.3, 0.4) is 0 Å². The van der Waals surface area contributed by atoms with Crippen molar-refractivity contribution in [1.29, 1.82) is 0 Å². The molecule has 0 amide bonds. The quantitative estimate of drug-likeness (QED) is 0.464. The van der Waals surface area contributed by atoms with Crippen molar-refractivity contribution < 1.29 is 9.47 Å². The van der Waals surface area contributed by atoms with Crippen molar-refractivity contribution in [2.45, 2.75) is 18.3 Å². The number of hydrogen-bond acceptors (Lipinski definition) is 7. The van der Waals surface area contributed by atoms with Crippen molar-refractivity contribution in [3.8, 4) is 0 Å². The summed E-state index contributed by atoms with van der Waals surface area (Å²) < 4.78 is 12.3. The van der Waals surface area contributed by atoms with Crippen LogP contribution in [-0.4, -0.2) is 37.1 Å². The number of hydrogen-bond donors (Lipinski definition) is 3. The van der Waals surface area contributed by atoms with Crippen molar-refractivity contribution in [3.63, 3.8) is 0 Å². The lowest BCUT2D eigenvalue weighted by molar-refractivity contribution is 0.0471. The molecular formula is C18H20IN5O2. The van der Waals surface area contributed by atoms with E-state index >= 15 is 0 Å². The first-order chi connectivity index (χ1) is 12.5. The fraction of sp³-hybridized carbons (Fsp3) is 0.389. The van der Waals surface area contributed by atoms with E-state index in [9.17, 15) is 0 Å². The Morgan fingerprint density at radius 2 is 2.04 bits per heavy atom. The Bertz CT molecular complexity index is 888. The molecule has 3 aliphatic heterocycles. The van der Waals surface area contributed by atoms with Crippen molar-refractivity contribution in [2.24, 2.45) is 0 Å². The van der Waals surface area contributed by atoms with Crippen LogP contribution in [0.25, 0.3) is 0 Å². The van der Waals surface area contributed by atoms with Gasteiger partial charge in [-0.2, -0.15) is 0 Å². The maximum Gasteiger partial charge on any atom is 0.188 e. The van der Waals surface area contributed by atoms with Crippen molar-refractivity contribution >= 4 is 45.5 Å². The molecule has 1 spiro atoms. The summed E-state index contributed by atoms with van der Waals surface area (Å²) in [4.78, 5) is 6.60. The van der Waals surface area contributed by atoms with Gasteiger partial charge < -0.3 is 30.7 Å². The monoisotopic (exact) mass is 465 g/mol. The number of nitrogen functional groups attached to an aromatic ring is 1. The number of pyridine rings is 1. The number of fused-ring (bicyclic) bond motifs is 1. The zero-order valence-corrected chi connectivity index (χ0v) is 16.5. The molecule has 2 aromatic rings. The number of nitrogens with zero attached hydrogens (tertiary/aromatic N) is 2. The Labute approximate surface area is 165 Å². The third kappa shape index (κ3) is 2.50. The van der Waals surface area contributed by atoms with Crippen LogP contribution in [0, 0.1) is 3.57 Å². The average molecular weight is 465 g/mol. The zero-order valence-electron chi connectivity index (χ0n) is 14.4. The van der Waals surface area contributed by atoms with Gasteiger partial charge in [-0.3, -0.25) is 0 Å². The molecule has 0 aliphatic carbocycles. The van der Waals surface area contributed by atoms with Gasteiger partial charge in [0.05, 0.1) is 24.6 Å². The molecule has 0 saturated carbocycles. The van der Waals surface area contributed by atoms with Gasteiger partial charge in [-0.15, -0.1) is 0 Å². The molecule has 1 aromatic heterocycles. The van der Waals surface area contributed by atoms with E-state index in [2.05, 4.69) is 74.3 Å². The molecule has 7 nitrogen and oxygen atoms in total. The molecule has 4 N–H and O–H groups in total. The van der Waals surface area contributed by atoms with Crippen molar-refractivity contribution in [1.82, 2.24) is 4.98 Å². The van der Waals surface area contributed by atoms with Crippen LogP contribution in [0.15, 0.2) is 30.5 Å². The normalized spacial score (nSPS) is 29.2. The van der Waals surface area contributed by atoms with E-state index in [0.717, 1.165) is 46.0 Å². The molecule has 3 aliphatic rings. The first kappa shape index (κ1) is 16.4. The Morgan fingerprint density at radius 1 is 1.23 bits per heavy atom. The van der Waals surface area contributed by atoms with Crippen LogP contribution >= 0.6 is 22.6 Å². The standard InChI is InChI=1S/C18H20IN5O2/c1-17(13-6-11(19)8-21-16(13)20)22-14-3-2-12(7-15(14)23-17)24-4-5-25-9-18(24)10-26-18/h2-3,6-8,22-23H,4-5,9-10H2,1H3,(H2,20,21). The first-order valence-electron chi connectivity index (χ1n) is 8.60. The number of aromatic nitrogens is 1. The number of epoxide rings is 1. The van der Waals surface area contributed by atoms with E-state index < -0.39 is 5.66 Å². The van der Waals surface area contributed by atoms with Crippen molar-refractivity contribution in [2.75, 3.05) is 47.6 Å². The van der Waals surface area contributed by atoms with E-state index in [1.165, 1.54) is 0 Å². The predicted octanol–water partition coefficient (Wildman–Crippen LogP) is 2.54. The smallest absolute Gasteiger partial charge is 0.188 e. The van der Waals surface area contributed by atoms with Gasteiger partial charge in [0.25, 0.3) is 0 Å². The van der Waals surface area contributed by atoms with E-state index in [1.54, 1.807) is 6.20 Å². The Hall–Kier alpha value is -1.78. The van der Waals surface area contributed by atoms with Gasteiger partial charge >= 0.3 is 0 Å². The molecule has 4 heterocycles. The Balaban J connectivity index is 1.47. The molecule has 5 rings (SSSR count). The summed E-state index contributed by atoms with van der Waals surface area (Å²) in [6, 6.07) is 8.46. The number of halogens is 1. The largest absolute Gasteiger partial charge is 0.383 e. The third-order valence-corrected chi connectivity index (χ3v) is 5.85. The van der Waals surface area contributed by atoms with E-state index in [1.807, 2.05) is 0 Å². The molecule has 8 heteroatoms. The summed E-state index contributed by atoms with van der Waals surface area (Å²) in [5.41, 5.74) is 9.55. The molecule has 1 aromatic carbocycles. The van der Waals surface area contributed by atoms with Gasteiger partial charge in [0.2, 0.25) is 0 Å². The van der Waals surface area contributed by atoms with E-state index in [4.69, 9.17) is 15.2 Å². The first-order valence-corrected chi connectivity index (χ1v) is 9.68. The van der Waals surface area contributed by atoms with Crippen LogP contribution in [-0.2, 0) is 15.1 Å². The molecule has 2 fully saturated rings. The number of morpholine rings is 1. The van der Waals surface area contributed by atoms with Gasteiger partial charge in [-0.05, 0) is 53.8 Å². The molecule has 0 radical (unpaired) electrons. The van der Waals surface area contributed by atoms with Crippen LogP contribution in [0.2, 0.25) is 0 Å². The highest BCUT2D eigenvalue weighted by molar-refractivity contribution is 14.1. The van der Waals surface area contributed by atoms with Gasteiger partial charge in [0.15, 0.2) is 5.72 Å². The third-order valence-electron chi connectivity index (χ3n) is 5.26. The molecule has 2 saturated heterocycles. The topological polar surface area (TPSA) is 88.0 Å². The highest BCUT2D eigenvalue weighted by Gasteiger charge is 2.52.